The van der Waals surface area contributed by atoms with Crippen molar-refractivity contribution in [3.63, 3.8) is 0 Å². The molecule has 11 heteroatoms. The number of rotatable bonds is 6. The molecular formula is C43H54N4O7. The largest absolute Gasteiger partial charge is 0.496 e. The summed E-state index contributed by atoms with van der Waals surface area (Å²) >= 11 is 0. The van der Waals surface area contributed by atoms with Crippen LogP contribution in [0.1, 0.15) is 61.9 Å². The Bertz CT molecular complexity index is 2080. The Kier molecular flexibility index (Phi) is 7.49. The molecule has 2 aromatic carbocycles. The number of aliphatic hydroxyl groups is 3. The minimum absolute atomic E-state index is 0.0326. The van der Waals surface area contributed by atoms with Crippen LogP contribution in [-0.4, -0.2) is 132 Å². The third-order valence-corrected chi connectivity index (χ3v) is 15.7. The Morgan fingerprint density at radius 1 is 1.09 bits per heavy atom. The van der Waals surface area contributed by atoms with Gasteiger partial charge in [-0.3, -0.25) is 14.6 Å². The van der Waals surface area contributed by atoms with Crippen molar-refractivity contribution in [1.82, 2.24) is 14.8 Å². The molecule has 54 heavy (non-hydrogen) atoms. The summed E-state index contributed by atoms with van der Waals surface area (Å²) in [4.78, 5) is 26.1. The number of hydrogen-bond donors (Lipinski definition) is 4. The quantitative estimate of drug-likeness (QED) is 0.170. The minimum Gasteiger partial charge on any atom is -0.496 e. The fourth-order valence-corrected chi connectivity index (χ4v) is 13.5. The maximum Gasteiger partial charge on any atom is 0.322 e. The van der Waals surface area contributed by atoms with E-state index in [0.717, 1.165) is 91.0 Å². The molecule has 7 aliphatic rings. The van der Waals surface area contributed by atoms with Crippen molar-refractivity contribution in [3.8, 4) is 5.75 Å². The molecule has 4 fully saturated rings. The number of anilines is 1. The fourth-order valence-electron chi connectivity index (χ4n) is 13.5. The molecule has 1 saturated carbocycles. The molecule has 2 unspecified atom stereocenters. The average Bonchev–Trinajstić information content (AvgIpc) is 3.49. The zero-order valence-corrected chi connectivity index (χ0v) is 32.1. The van der Waals surface area contributed by atoms with Crippen molar-refractivity contribution in [2.45, 2.75) is 92.3 Å². The van der Waals surface area contributed by atoms with Crippen LogP contribution in [0.4, 0.5) is 5.69 Å². The first kappa shape index (κ1) is 35.0. The van der Waals surface area contributed by atoms with E-state index in [-0.39, 0.29) is 29.6 Å². The van der Waals surface area contributed by atoms with Crippen LogP contribution >= 0.6 is 0 Å². The highest BCUT2D eigenvalue weighted by molar-refractivity contribution is 5.94. The number of ether oxygens (including phenoxy) is 3. The first-order chi connectivity index (χ1) is 26.0. The number of para-hydroxylation sites is 1. The molecule has 10 rings (SSSR count). The number of aromatic nitrogens is 1. The lowest BCUT2D eigenvalue weighted by Gasteiger charge is -2.64. The Balaban J connectivity index is 1.27. The number of H-pyrrole nitrogens is 1. The van der Waals surface area contributed by atoms with E-state index in [9.17, 15) is 15.3 Å². The summed E-state index contributed by atoms with van der Waals surface area (Å²) in [7, 11) is 5.11. The number of carbonyl (C=O) groups is 1. The van der Waals surface area contributed by atoms with Crippen LogP contribution < -0.4 is 9.64 Å². The topological polar surface area (TPSA) is 134 Å². The minimum atomic E-state index is -1.83. The number of fused-ring (bicyclic) bond motifs is 8. The van der Waals surface area contributed by atoms with Crippen LogP contribution in [0.25, 0.3) is 10.9 Å². The molecule has 1 aliphatic carbocycles. The highest BCUT2D eigenvalue weighted by atomic mass is 16.6. The lowest BCUT2D eigenvalue weighted by Crippen LogP contribution is -2.79. The van der Waals surface area contributed by atoms with Crippen LogP contribution in [0.2, 0.25) is 0 Å². The third-order valence-electron chi connectivity index (χ3n) is 15.7. The third kappa shape index (κ3) is 4.01. The number of methoxy groups -OCH3 is 2. The highest BCUT2D eigenvalue weighted by Gasteiger charge is 2.77. The van der Waals surface area contributed by atoms with Crippen LogP contribution in [0.3, 0.4) is 0 Å². The fraction of sp³-hybridized carbons (Fsp3) is 0.605. The van der Waals surface area contributed by atoms with Gasteiger partial charge in [-0.05, 0) is 61.9 Å². The highest BCUT2D eigenvalue weighted by Crippen LogP contribution is 2.67. The number of hydrogen-bond acceptors (Lipinski definition) is 10. The molecule has 2 bridgehead atoms. The Morgan fingerprint density at radius 2 is 1.91 bits per heavy atom. The monoisotopic (exact) mass is 738 g/mol. The van der Waals surface area contributed by atoms with Gasteiger partial charge in [0.2, 0.25) is 0 Å². The number of likely N-dealkylation sites (N-methyl/N-ethyl adjacent to an activating group) is 1. The predicted molar refractivity (Wildman–Crippen MR) is 204 cm³/mol. The van der Waals surface area contributed by atoms with E-state index in [1.807, 2.05) is 19.2 Å². The lowest BCUT2D eigenvalue weighted by molar-refractivity contribution is -0.213. The first-order valence-electron chi connectivity index (χ1n) is 20.0. The molecule has 0 radical (unpaired) electrons. The second-order valence-electron chi connectivity index (χ2n) is 17.5. The Morgan fingerprint density at radius 3 is 2.65 bits per heavy atom. The number of epoxide rings is 1. The smallest absolute Gasteiger partial charge is 0.322 e. The van der Waals surface area contributed by atoms with Crippen molar-refractivity contribution in [2.24, 2.45) is 11.3 Å². The molecule has 4 N–H and O–H groups in total. The van der Waals surface area contributed by atoms with E-state index in [1.54, 1.807) is 7.11 Å². The van der Waals surface area contributed by atoms with Gasteiger partial charge in [0, 0.05) is 89.9 Å². The van der Waals surface area contributed by atoms with E-state index in [4.69, 9.17) is 14.2 Å². The number of nitrogens with zero attached hydrogens (tertiary/aromatic N) is 3. The summed E-state index contributed by atoms with van der Waals surface area (Å²) in [5, 5.41) is 37.2. The summed E-state index contributed by atoms with van der Waals surface area (Å²) in [5.41, 5.74) is 0.737. The van der Waals surface area contributed by atoms with Crippen LogP contribution in [0, 0.1) is 11.3 Å². The number of aliphatic hydroxyl groups excluding tert-OH is 2. The number of piperidine rings is 1. The lowest BCUT2D eigenvalue weighted by atomic mass is 9.48. The second kappa shape index (κ2) is 11.6. The molecule has 11 atom stereocenters. The summed E-state index contributed by atoms with van der Waals surface area (Å²) in [6.45, 7) is 7.77. The van der Waals surface area contributed by atoms with Gasteiger partial charge in [0.05, 0.1) is 39.1 Å². The first-order valence-corrected chi connectivity index (χ1v) is 20.0. The maximum atomic E-state index is 15.2. The summed E-state index contributed by atoms with van der Waals surface area (Å²) < 4.78 is 19.0. The zero-order valence-electron chi connectivity index (χ0n) is 32.1. The second-order valence-corrected chi connectivity index (χ2v) is 17.5. The molecule has 0 amide bonds. The molecular weight excluding hydrogens is 684 g/mol. The Hall–Kier alpha value is -3.45. The summed E-state index contributed by atoms with van der Waals surface area (Å²) in [5.74, 6) is 0.256. The summed E-state index contributed by atoms with van der Waals surface area (Å²) in [6, 6.07) is 11.8. The van der Waals surface area contributed by atoms with Gasteiger partial charge < -0.3 is 39.4 Å². The van der Waals surface area contributed by atoms with Gasteiger partial charge in [-0.1, -0.05) is 44.2 Å². The van der Waals surface area contributed by atoms with Crippen molar-refractivity contribution >= 4 is 22.6 Å². The molecule has 1 spiro atoms. The zero-order chi connectivity index (χ0) is 37.6. The molecule has 3 aromatic rings. The van der Waals surface area contributed by atoms with Gasteiger partial charge >= 0.3 is 5.97 Å². The summed E-state index contributed by atoms with van der Waals surface area (Å²) in [6.07, 6.45) is 6.49. The number of aromatic amines is 1. The van der Waals surface area contributed by atoms with Crippen molar-refractivity contribution in [1.29, 1.82) is 0 Å². The standard InChI is InChI=1S/C43H54N4O7/c1-6-39-14-10-16-47-18-15-41(35(39)47)28-19-29(32(52-4)20-31(28)45(3)36(41)43(51,24-48)37(39)49)42(38(50)53-5)21-25-22-46(23-40(7-2)34(25)54-40)17-13-27-26-11-8-9-12-30(26)44-33(27)42/h8-12,14,19-20,25,34-37,44,48-49,51H,6-7,13,15-18,21-24H2,1-5H3/t25-,34-,35+,36-,37-,39-,40+,41?,42+,43+/m1/s1. The SMILES string of the molecule is CC[C@]12CN3CCc4c([nH]c5ccccc45)[C@@](C(=O)OC)(c4cc5c(cc4OC)N(C)[C@@H]4C56CCN5CC=C[C@](CC)([C@H]56)[C@@H](O)[C@]4(O)CO)C[C@H](C3)[C@H]1O2. The number of carbonyl (C=O) groups excluding carboxylic acids is 1. The molecule has 6 aliphatic heterocycles. The molecule has 3 saturated heterocycles. The normalized spacial score (nSPS) is 41.5. The average molecular weight is 739 g/mol. The van der Waals surface area contributed by atoms with Crippen molar-refractivity contribution < 1.29 is 34.3 Å². The Labute approximate surface area is 316 Å². The van der Waals surface area contributed by atoms with Gasteiger partial charge in [-0.25, -0.2) is 0 Å². The van der Waals surface area contributed by atoms with E-state index >= 15 is 4.79 Å². The van der Waals surface area contributed by atoms with E-state index in [2.05, 4.69) is 69.9 Å². The van der Waals surface area contributed by atoms with E-state index in [1.165, 1.54) is 7.11 Å². The number of benzene rings is 2. The van der Waals surface area contributed by atoms with Gasteiger partial charge in [-0.2, -0.15) is 0 Å². The molecule has 288 valence electrons. The van der Waals surface area contributed by atoms with E-state index < -0.39 is 40.6 Å². The van der Waals surface area contributed by atoms with Crippen molar-refractivity contribution in [3.05, 3.63) is 70.9 Å². The van der Waals surface area contributed by atoms with Gasteiger partial charge in [-0.15, -0.1) is 0 Å². The van der Waals surface area contributed by atoms with Gasteiger partial charge in [0.15, 0.2) is 0 Å². The number of esters is 1. The van der Waals surface area contributed by atoms with Gasteiger partial charge in [0.25, 0.3) is 0 Å². The number of nitrogens with one attached hydrogen (secondary N) is 1. The molecule has 1 aromatic heterocycles. The van der Waals surface area contributed by atoms with Crippen molar-refractivity contribution in [2.75, 3.05) is 65.5 Å². The van der Waals surface area contributed by atoms with Crippen LogP contribution in [0.15, 0.2) is 48.6 Å². The van der Waals surface area contributed by atoms with E-state index in [0.29, 0.717) is 18.6 Å². The maximum absolute atomic E-state index is 15.2. The predicted octanol–water partition coefficient (Wildman–Crippen LogP) is 3.26. The van der Waals surface area contributed by atoms with Gasteiger partial charge in [0.1, 0.15) is 22.4 Å². The molecule has 11 nitrogen and oxygen atoms in total. The molecule has 7 heterocycles. The van der Waals surface area contributed by atoms with Crippen LogP contribution in [-0.2, 0) is 31.5 Å². The van der Waals surface area contributed by atoms with Crippen LogP contribution in [0.5, 0.6) is 5.75 Å².